The van der Waals surface area contributed by atoms with Gasteiger partial charge in [0.15, 0.2) is 0 Å². The van der Waals surface area contributed by atoms with Gasteiger partial charge in [0.1, 0.15) is 10.8 Å². The third-order valence-corrected chi connectivity index (χ3v) is 3.29. The van der Waals surface area contributed by atoms with E-state index in [4.69, 9.17) is 5.73 Å². The van der Waals surface area contributed by atoms with Gasteiger partial charge in [0.05, 0.1) is 17.4 Å². The fourth-order valence-corrected chi connectivity index (χ4v) is 2.10. The van der Waals surface area contributed by atoms with Gasteiger partial charge in [-0.2, -0.15) is 0 Å². The highest BCUT2D eigenvalue weighted by Crippen LogP contribution is 2.26. The zero-order valence-corrected chi connectivity index (χ0v) is 10.1. The van der Waals surface area contributed by atoms with Crippen molar-refractivity contribution in [1.29, 1.82) is 0 Å². The molecule has 3 N–H and O–H groups in total. The highest BCUT2D eigenvalue weighted by atomic mass is 32.1. The van der Waals surface area contributed by atoms with E-state index in [1.54, 1.807) is 23.7 Å². The topological polar surface area (TPSA) is 63.8 Å². The first-order valence-electron chi connectivity index (χ1n) is 4.97. The molecule has 5 heteroatoms. The lowest BCUT2D eigenvalue weighted by atomic mass is 10.1. The van der Waals surface area contributed by atoms with Gasteiger partial charge in [-0.25, -0.2) is 9.97 Å². The molecule has 0 radical (unpaired) electrons. The fraction of sp³-hybridized carbons (Fsp3) is 0.273. The van der Waals surface area contributed by atoms with Crippen LogP contribution in [-0.2, 0) is 5.54 Å². The van der Waals surface area contributed by atoms with E-state index < -0.39 is 0 Å². The molecule has 0 fully saturated rings. The van der Waals surface area contributed by atoms with Gasteiger partial charge in [-0.05, 0) is 26.0 Å². The number of hydrogen-bond acceptors (Lipinski definition) is 5. The summed E-state index contributed by atoms with van der Waals surface area (Å²) in [6.45, 7) is 4.15. The molecule has 0 unspecified atom stereocenters. The molecule has 84 valence electrons. The van der Waals surface area contributed by atoms with Crippen LogP contribution in [0, 0.1) is 0 Å². The van der Waals surface area contributed by atoms with Gasteiger partial charge in [-0.3, -0.25) is 0 Å². The Morgan fingerprint density at radius 1 is 1.31 bits per heavy atom. The second kappa shape index (κ2) is 4.09. The van der Waals surface area contributed by atoms with Crippen molar-refractivity contribution in [2.45, 2.75) is 19.4 Å². The average molecular weight is 234 g/mol. The number of aromatic nitrogens is 2. The maximum Gasteiger partial charge on any atom is 0.126 e. The SMILES string of the molecule is CC(C)(Nc1ccc(N)cn1)c1nccs1. The first-order valence-corrected chi connectivity index (χ1v) is 5.85. The van der Waals surface area contributed by atoms with Crippen LogP contribution in [0.15, 0.2) is 29.9 Å². The van der Waals surface area contributed by atoms with E-state index in [-0.39, 0.29) is 5.54 Å². The summed E-state index contributed by atoms with van der Waals surface area (Å²) in [4.78, 5) is 8.52. The van der Waals surface area contributed by atoms with Crippen LogP contribution in [0.3, 0.4) is 0 Å². The van der Waals surface area contributed by atoms with Crippen molar-refractivity contribution in [3.63, 3.8) is 0 Å². The van der Waals surface area contributed by atoms with Crippen LogP contribution in [0.25, 0.3) is 0 Å². The number of nitrogens with zero attached hydrogens (tertiary/aromatic N) is 2. The van der Waals surface area contributed by atoms with Crippen LogP contribution < -0.4 is 11.1 Å². The standard InChI is InChI=1S/C11H14N4S/c1-11(2,10-13-5-6-16-10)15-9-4-3-8(12)7-14-9/h3-7H,12H2,1-2H3,(H,14,15). The highest BCUT2D eigenvalue weighted by molar-refractivity contribution is 7.09. The van der Waals surface area contributed by atoms with Gasteiger partial charge in [-0.1, -0.05) is 0 Å². The molecular formula is C11H14N4S. The van der Waals surface area contributed by atoms with Crippen LogP contribution in [0.4, 0.5) is 11.5 Å². The lowest BCUT2D eigenvalue weighted by molar-refractivity contribution is 0.601. The van der Waals surface area contributed by atoms with Crippen molar-refractivity contribution < 1.29 is 0 Å². The molecule has 0 spiro atoms. The van der Waals surface area contributed by atoms with Crippen LogP contribution in [0.2, 0.25) is 0 Å². The summed E-state index contributed by atoms with van der Waals surface area (Å²) in [5.41, 5.74) is 6.02. The number of thiazole rings is 1. The molecule has 4 nitrogen and oxygen atoms in total. The smallest absolute Gasteiger partial charge is 0.126 e. The number of pyridine rings is 1. The Kier molecular flexibility index (Phi) is 2.78. The Bertz CT molecular complexity index is 447. The maximum absolute atomic E-state index is 5.58. The van der Waals surface area contributed by atoms with E-state index in [2.05, 4.69) is 29.1 Å². The first kappa shape index (κ1) is 10.9. The summed E-state index contributed by atoms with van der Waals surface area (Å²) in [5, 5.41) is 6.33. The molecule has 0 saturated heterocycles. The Hall–Kier alpha value is -1.62. The Labute approximate surface area is 98.6 Å². The molecule has 2 heterocycles. The second-order valence-electron chi connectivity index (χ2n) is 4.06. The summed E-state index contributed by atoms with van der Waals surface area (Å²) in [6, 6.07) is 3.69. The molecule has 0 atom stereocenters. The molecule has 16 heavy (non-hydrogen) atoms. The molecule has 2 aromatic rings. The van der Waals surface area contributed by atoms with Crippen molar-refractivity contribution in [2.75, 3.05) is 11.1 Å². The van der Waals surface area contributed by atoms with Gasteiger partial charge in [-0.15, -0.1) is 11.3 Å². The first-order chi connectivity index (χ1) is 7.58. The molecule has 0 bridgehead atoms. The minimum absolute atomic E-state index is 0.225. The largest absolute Gasteiger partial charge is 0.397 e. The second-order valence-corrected chi connectivity index (χ2v) is 4.96. The molecule has 0 saturated carbocycles. The van der Waals surface area contributed by atoms with Gasteiger partial charge >= 0.3 is 0 Å². The van der Waals surface area contributed by atoms with Crippen molar-refractivity contribution in [1.82, 2.24) is 9.97 Å². The van der Waals surface area contributed by atoms with Crippen molar-refractivity contribution in [2.24, 2.45) is 0 Å². The Morgan fingerprint density at radius 3 is 2.69 bits per heavy atom. The highest BCUT2D eigenvalue weighted by Gasteiger charge is 2.23. The quantitative estimate of drug-likeness (QED) is 0.856. The molecule has 2 aromatic heterocycles. The molecule has 0 amide bonds. The predicted molar refractivity (Wildman–Crippen MR) is 67.4 cm³/mol. The molecule has 0 aliphatic rings. The molecule has 0 aliphatic carbocycles. The summed E-state index contributed by atoms with van der Waals surface area (Å²) in [6.07, 6.45) is 3.44. The summed E-state index contributed by atoms with van der Waals surface area (Å²) < 4.78 is 0. The van der Waals surface area contributed by atoms with E-state index in [9.17, 15) is 0 Å². The third kappa shape index (κ3) is 2.30. The van der Waals surface area contributed by atoms with E-state index in [1.807, 2.05) is 17.5 Å². The van der Waals surface area contributed by atoms with Crippen LogP contribution >= 0.6 is 11.3 Å². The third-order valence-electron chi connectivity index (χ3n) is 2.19. The van der Waals surface area contributed by atoms with Crippen molar-refractivity contribution in [3.8, 4) is 0 Å². The zero-order valence-electron chi connectivity index (χ0n) is 9.27. The summed E-state index contributed by atoms with van der Waals surface area (Å²) in [5.74, 6) is 0.800. The average Bonchev–Trinajstić information content (AvgIpc) is 2.75. The van der Waals surface area contributed by atoms with Gasteiger partial charge in [0, 0.05) is 11.6 Å². The van der Waals surface area contributed by atoms with Crippen LogP contribution in [-0.4, -0.2) is 9.97 Å². The molecule has 0 aromatic carbocycles. The van der Waals surface area contributed by atoms with Crippen molar-refractivity contribution in [3.05, 3.63) is 34.9 Å². The molecular weight excluding hydrogens is 220 g/mol. The van der Waals surface area contributed by atoms with E-state index in [0.717, 1.165) is 10.8 Å². The summed E-state index contributed by atoms with van der Waals surface area (Å²) >= 11 is 1.63. The number of nitrogen functional groups attached to an aromatic ring is 1. The Morgan fingerprint density at radius 2 is 2.12 bits per heavy atom. The van der Waals surface area contributed by atoms with E-state index in [0.29, 0.717) is 5.69 Å². The molecule has 0 aliphatic heterocycles. The zero-order chi connectivity index (χ0) is 11.6. The number of nitrogens with one attached hydrogen (secondary N) is 1. The number of hydrogen-bond donors (Lipinski definition) is 2. The Balaban J connectivity index is 2.18. The van der Waals surface area contributed by atoms with E-state index >= 15 is 0 Å². The summed E-state index contributed by atoms with van der Waals surface area (Å²) in [7, 11) is 0. The monoisotopic (exact) mass is 234 g/mol. The van der Waals surface area contributed by atoms with Gasteiger partial charge < -0.3 is 11.1 Å². The van der Waals surface area contributed by atoms with Crippen molar-refractivity contribution >= 4 is 22.8 Å². The van der Waals surface area contributed by atoms with E-state index in [1.165, 1.54) is 0 Å². The van der Waals surface area contributed by atoms with Gasteiger partial charge in [0.25, 0.3) is 0 Å². The maximum atomic E-state index is 5.58. The molecule has 2 rings (SSSR count). The van der Waals surface area contributed by atoms with Gasteiger partial charge in [0.2, 0.25) is 0 Å². The van der Waals surface area contributed by atoms with Crippen LogP contribution in [0.5, 0.6) is 0 Å². The van der Waals surface area contributed by atoms with Crippen LogP contribution in [0.1, 0.15) is 18.9 Å². The lowest BCUT2D eigenvalue weighted by Gasteiger charge is -2.24. The minimum atomic E-state index is -0.225. The number of anilines is 2. The normalized spacial score (nSPS) is 11.4. The number of nitrogens with two attached hydrogens (primary N) is 1. The minimum Gasteiger partial charge on any atom is -0.397 e. The lowest BCUT2D eigenvalue weighted by Crippen LogP contribution is -2.28. The fourth-order valence-electron chi connectivity index (χ4n) is 1.39. The number of rotatable bonds is 3. The predicted octanol–water partition coefficient (Wildman–Crippen LogP) is 2.47.